The highest BCUT2D eigenvalue weighted by molar-refractivity contribution is 5.67. The number of rotatable bonds is 9. The molecule has 35 heavy (non-hydrogen) atoms. The molecule has 1 aliphatic rings. The van der Waals surface area contributed by atoms with Gasteiger partial charge >= 0.3 is 6.09 Å². The zero-order chi connectivity index (χ0) is 24.5. The maximum absolute atomic E-state index is 12.8. The van der Waals surface area contributed by atoms with Gasteiger partial charge in [0, 0.05) is 44.0 Å². The molecule has 0 bridgehead atoms. The van der Waals surface area contributed by atoms with Gasteiger partial charge in [0.15, 0.2) is 0 Å². The average molecular weight is 472 g/mol. The van der Waals surface area contributed by atoms with Gasteiger partial charge in [-0.1, -0.05) is 78.4 Å². The highest BCUT2D eigenvalue weighted by Gasteiger charge is 2.25. The van der Waals surface area contributed by atoms with Crippen molar-refractivity contribution in [1.82, 2.24) is 9.80 Å². The van der Waals surface area contributed by atoms with Crippen molar-refractivity contribution < 1.29 is 9.53 Å². The molecular formula is C30H37N3O2. The molecule has 0 radical (unpaired) electrons. The number of anilines is 1. The van der Waals surface area contributed by atoms with Gasteiger partial charge in [0.25, 0.3) is 0 Å². The Labute approximate surface area is 209 Å². The van der Waals surface area contributed by atoms with Gasteiger partial charge < -0.3 is 15.0 Å². The molecule has 3 aromatic carbocycles. The lowest BCUT2D eigenvalue weighted by Gasteiger charge is -2.33. The van der Waals surface area contributed by atoms with Crippen LogP contribution in [0.15, 0.2) is 84.9 Å². The molecule has 1 atom stereocenters. The van der Waals surface area contributed by atoms with Crippen LogP contribution in [0.3, 0.4) is 0 Å². The Balaban J connectivity index is 1.27. The number of amides is 1. The normalized spacial score (nSPS) is 15.1. The molecule has 5 heteroatoms. The van der Waals surface area contributed by atoms with Crippen LogP contribution in [0.4, 0.5) is 10.5 Å². The largest absolute Gasteiger partial charge is 0.448 e. The summed E-state index contributed by atoms with van der Waals surface area (Å²) in [6.45, 7) is 7.66. The van der Waals surface area contributed by atoms with Crippen LogP contribution in [0.1, 0.15) is 36.5 Å². The molecule has 0 aromatic heterocycles. The van der Waals surface area contributed by atoms with E-state index in [1.54, 1.807) is 0 Å². The molecule has 5 nitrogen and oxygen atoms in total. The SMILES string of the molecule is Cc1ccc(NC2CCN(C(=O)OCC(C)N(Cc3ccccc3)Cc3ccccc3)CC2)cc1. The molecule has 184 valence electrons. The fourth-order valence-electron chi connectivity index (χ4n) is 4.48. The van der Waals surface area contributed by atoms with Gasteiger partial charge in [0.1, 0.15) is 6.61 Å². The van der Waals surface area contributed by atoms with Crippen LogP contribution in [0.25, 0.3) is 0 Å². The first-order valence-electron chi connectivity index (χ1n) is 12.6. The van der Waals surface area contributed by atoms with Gasteiger partial charge in [0.05, 0.1) is 0 Å². The van der Waals surface area contributed by atoms with E-state index >= 15 is 0 Å². The van der Waals surface area contributed by atoms with Crippen molar-refractivity contribution in [2.45, 2.75) is 51.9 Å². The molecule has 1 saturated heterocycles. The van der Waals surface area contributed by atoms with Crippen molar-refractivity contribution in [3.63, 3.8) is 0 Å². The average Bonchev–Trinajstić information content (AvgIpc) is 2.90. The fourth-order valence-corrected chi connectivity index (χ4v) is 4.48. The maximum Gasteiger partial charge on any atom is 0.409 e. The minimum absolute atomic E-state index is 0.0973. The lowest BCUT2D eigenvalue weighted by molar-refractivity contribution is 0.0595. The van der Waals surface area contributed by atoms with E-state index in [4.69, 9.17) is 4.74 Å². The minimum Gasteiger partial charge on any atom is -0.448 e. The maximum atomic E-state index is 12.8. The number of carbonyl (C=O) groups is 1. The van der Waals surface area contributed by atoms with Crippen LogP contribution < -0.4 is 5.32 Å². The first-order chi connectivity index (χ1) is 17.1. The van der Waals surface area contributed by atoms with Crippen molar-refractivity contribution in [3.8, 4) is 0 Å². The molecular weight excluding hydrogens is 434 g/mol. The van der Waals surface area contributed by atoms with E-state index in [0.717, 1.165) is 31.6 Å². The van der Waals surface area contributed by atoms with Crippen LogP contribution in [0.5, 0.6) is 0 Å². The number of nitrogens with zero attached hydrogens (tertiary/aromatic N) is 2. The Morgan fingerprint density at radius 1 is 0.914 bits per heavy atom. The van der Waals surface area contributed by atoms with Gasteiger partial charge in [-0.3, -0.25) is 4.90 Å². The zero-order valence-corrected chi connectivity index (χ0v) is 20.9. The van der Waals surface area contributed by atoms with Gasteiger partial charge in [-0.25, -0.2) is 4.79 Å². The number of carbonyl (C=O) groups excluding carboxylic acids is 1. The standard InChI is InChI=1S/C30H37N3O2/c1-24-13-15-28(16-14-24)31-29-17-19-32(20-18-29)30(34)35-23-25(2)33(21-26-9-5-3-6-10-26)22-27-11-7-4-8-12-27/h3-16,25,29,31H,17-23H2,1-2H3. The Morgan fingerprint density at radius 2 is 1.46 bits per heavy atom. The molecule has 1 N–H and O–H groups in total. The topological polar surface area (TPSA) is 44.8 Å². The Morgan fingerprint density at radius 3 is 2.00 bits per heavy atom. The summed E-state index contributed by atoms with van der Waals surface area (Å²) in [6.07, 6.45) is 1.64. The molecule has 1 fully saturated rings. The number of aryl methyl sites for hydroxylation is 1. The number of likely N-dealkylation sites (tertiary alicyclic amines) is 1. The lowest BCUT2D eigenvalue weighted by atomic mass is 10.0. The molecule has 1 aliphatic heterocycles. The summed E-state index contributed by atoms with van der Waals surface area (Å²) in [6, 6.07) is 29.9. The van der Waals surface area contributed by atoms with Gasteiger partial charge in [0.2, 0.25) is 0 Å². The van der Waals surface area contributed by atoms with E-state index < -0.39 is 0 Å². The zero-order valence-electron chi connectivity index (χ0n) is 20.9. The third kappa shape index (κ3) is 7.59. The second-order valence-electron chi connectivity index (χ2n) is 9.57. The van der Waals surface area contributed by atoms with Crippen LogP contribution >= 0.6 is 0 Å². The van der Waals surface area contributed by atoms with E-state index in [9.17, 15) is 4.79 Å². The number of nitrogens with one attached hydrogen (secondary N) is 1. The third-order valence-electron chi connectivity index (χ3n) is 6.70. The summed E-state index contributed by atoms with van der Waals surface area (Å²) in [4.78, 5) is 17.0. The molecule has 0 saturated carbocycles. The van der Waals surface area contributed by atoms with Crippen molar-refractivity contribution in [2.75, 3.05) is 25.0 Å². The smallest absolute Gasteiger partial charge is 0.409 e. The first kappa shape index (κ1) is 24.8. The summed E-state index contributed by atoms with van der Waals surface area (Å²) < 4.78 is 5.79. The van der Waals surface area contributed by atoms with E-state index in [-0.39, 0.29) is 12.1 Å². The third-order valence-corrected chi connectivity index (χ3v) is 6.70. The summed E-state index contributed by atoms with van der Waals surface area (Å²) in [7, 11) is 0. The second kappa shape index (κ2) is 12.4. The van der Waals surface area contributed by atoms with E-state index in [0.29, 0.717) is 25.7 Å². The second-order valence-corrected chi connectivity index (χ2v) is 9.57. The van der Waals surface area contributed by atoms with Crippen LogP contribution in [-0.2, 0) is 17.8 Å². The van der Waals surface area contributed by atoms with E-state index in [1.165, 1.54) is 16.7 Å². The van der Waals surface area contributed by atoms with Crippen LogP contribution in [0, 0.1) is 6.92 Å². The number of ether oxygens (including phenoxy) is 1. The minimum atomic E-state index is -0.204. The van der Waals surface area contributed by atoms with Gasteiger partial charge in [-0.05, 0) is 49.9 Å². The monoisotopic (exact) mass is 471 g/mol. The van der Waals surface area contributed by atoms with Crippen LogP contribution in [0.2, 0.25) is 0 Å². The molecule has 1 heterocycles. The summed E-state index contributed by atoms with van der Waals surface area (Å²) in [5.74, 6) is 0. The number of hydrogen-bond acceptors (Lipinski definition) is 4. The van der Waals surface area contributed by atoms with Crippen molar-refractivity contribution in [3.05, 3.63) is 102 Å². The van der Waals surface area contributed by atoms with Crippen molar-refractivity contribution >= 4 is 11.8 Å². The molecule has 0 aliphatic carbocycles. The van der Waals surface area contributed by atoms with Crippen LogP contribution in [-0.4, -0.2) is 47.7 Å². The first-order valence-corrected chi connectivity index (χ1v) is 12.6. The molecule has 1 unspecified atom stereocenters. The highest BCUT2D eigenvalue weighted by atomic mass is 16.6. The summed E-state index contributed by atoms with van der Waals surface area (Å²) in [5.41, 5.74) is 4.91. The molecule has 3 aromatic rings. The number of benzene rings is 3. The Bertz CT molecular complexity index is 991. The number of hydrogen-bond donors (Lipinski definition) is 1. The quantitative estimate of drug-likeness (QED) is 0.410. The molecule has 0 spiro atoms. The Hall–Kier alpha value is -3.31. The lowest BCUT2D eigenvalue weighted by Crippen LogP contribution is -2.44. The van der Waals surface area contributed by atoms with Crippen molar-refractivity contribution in [1.29, 1.82) is 0 Å². The fraction of sp³-hybridized carbons (Fsp3) is 0.367. The Kier molecular flexibility index (Phi) is 8.79. The molecule has 4 rings (SSSR count). The highest BCUT2D eigenvalue weighted by Crippen LogP contribution is 2.19. The van der Waals surface area contributed by atoms with Gasteiger partial charge in [-0.2, -0.15) is 0 Å². The predicted molar refractivity (Wildman–Crippen MR) is 142 cm³/mol. The van der Waals surface area contributed by atoms with Gasteiger partial charge in [-0.15, -0.1) is 0 Å². The molecule has 1 amide bonds. The predicted octanol–water partition coefficient (Wildman–Crippen LogP) is 6.10. The number of piperidine rings is 1. The van der Waals surface area contributed by atoms with E-state index in [1.807, 2.05) is 17.0 Å². The van der Waals surface area contributed by atoms with E-state index in [2.05, 4.69) is 96.9 Å². The van der Waals surface area contributed by atoms with Crippen molar-refractivity contribution in [2.24, 2.45) is 0 Å². The summed E-state index contributed by atoms with van der Waals surface area (Å²) in [5, 5.41) is 3.59. The summed E-state index contributed by atoms with van der Waals surface area (Å²) >= 11 is 0.